The van der Waals surface area contributed by atoms with Crippen LogP contribution < -0.4 is 11.1 Å². The normalized spacial score (nSPS) is 21.4. The molecular formula is C15H28N4O. The van der Waals surface area contributed by atoms with E-state index >= 15 is 0 Å². The number of nitrogens with two attached hydrogens (primary N) is 1. The van der Waals surface area contributed by atoms with Crippen LogP contribution in [0, 0.1) is 0 Å². The molecule has 5 nitrogen and oxygen atoms in total. The zero-order valence-electron chi connectivity index (χ0n) is 13.1. The summed E-state index contributed by atoms with van der Waals surface area (Å²) in [6.07, 6.45) is 4.72. The Balaban J connectivity index is 2.10. The summed E-state index contributed by atoms with van der Waals surface area (Å²) in [6, 6.07) is 0.141. The van der Waals surface area contributed by atoms with Crippen molar-refractivity contribution in [2.24, 2.45) is 12.8 Å². The number of ether oxygens (including phenoxy) is 1. The summed E-state index contributed by atoms with van der Waals surface area (Å²) in [4.78, 5) is 0. The lowest BCUT2D eigenvalue weighted by Crippen LogP contribution is -2.35. The number of rotatable bonds is 5. The van der Waals surface area contributed by atoms with Crippen molar-refractivity contribution in [3.8, 4) is 0 Å². The van der Waals surface area contributed by atoms with Crippen LogP contribution in [0.4, 0.5) is 0 Å². The average Bonchev–Trinajstić information content (AvgIpc) is 2.99. The largest absolute Gasteiger partial charge is 0.377 e. The second-order valence-corrected chi connectivity index (χ2v) is 6.69. The van der Waals surface area contributed by atoms with E-state index in [1.807, 2.05) is 11.7 Å². The molecule has 2 rings (SSSR count). The minimum atomic E-state index is 0.0234. The van der Waals surface area contributed by atoms with Gasteiger partial charge in [0.1, 0.15) is 0 Å². The molecule has 2 atom stereocenters. The third-order valence-corrected chi connectivity index (χ3v) is 3.79. The van der Waals surface area contributed by atoms with Gasteiger partial charge in [0.15, 0.2) is 0 Å². The Morgan fingerprint density at radius 2 is 2.30 bits per heavy atom. The maximum Gasteiger partial charge on any atom is 0.0726 e. The molecule has 5 heteroatoms. The van der Waals surface area contributed by atoms with Crippen LogP contribution >= 0.6 is 0 Å². The SMILES string of the molecule is Cn1cc(C(CN)NCC2CCCO2)c(C(C)(C)C)n1. The first-order chi connectivity index (χ1) is 9.41. The summed E-state index contributed by atoms with van der Waals surface area (Å²) < 4.78 is 7.54. The van der Waals surface area contributed by atoms with Crippen molar-refractivity contribution in [1.82, 2.24) is 15.1 Å². The Hall–Kier alpha value is -0.910. The van der Waals surface area contributed by atoms with E-state index in [2.05, 4.69) is 37.4 Å². The number of hydrogen-bond acceptors (Lipinski definition) is 4. The fourth-order valence-corrected chi connectivity index (χ4v) is 2.74. The molecule has 0 saturated carbocycles. The quantitative estimate of drug-likeness (QED) is 0.857. The Labute approximate surface area is 121 Å². The molecule has 1 aliphatic rings. The number of nitrogens with zero attached hydrogens (tertiary/aromatic N) is 2. The van der Waals surface area contributed by atoms with Crippen molar-refractivity contribution in [3.63, 3.8) is 0 Å². The van der Waals surface area contributed by atoms with Gasteiger partial charge in [-0.25, -0.2) is 0 Å². The molecule has 1 aliphatic heterocycles. The van der Waals surface area contributed by atoms with E-state index in [1.54, 1.807) is 0 Å². The van der Waals surface area contributed by atoms with Crippen molar-refractivity contribution >= 4 is 0 Å². The van der Waals surface area contributed by atoms with Crippen LogP contribution in [0.5, 0.6) is 0 Å². The van der Waals surface area contributed by atoms with Crippen LogP contribution in [0.25, 0.3) is 0 Å². The summed E-state index contributed by atoms with van der Waals surface area (Å²) in [7, 11) is 1.96. The van der Waals surface area contributed by atoms with Crippen LogP contribution in [-0.2, 0) is 17.2 Å². The minimum absolute atomic E-state index is 0.0234. The molecule has 1 saturated heterocycles. The topological polar surface area (TPSA) is 65.1 Å². The van der Waals surface area contributed by atoms with Crippen molar-refractivity contribution < 1.29 is 4.74 Å². The van der Waals surface area contributed by atoms with Gasteiger partial charge in [-0.3, -0.25) is 4.68 Å². The number of aromatic nitrogens is 2. The van der Waals surface area contributed by atoms with E-state index in [-0.39, 0.29) is 11.5 Å². The molecule has 0 bridgehead atoms. The molecule has 0 aliphatic carbocycles. The van der Waals surface area contributed by atoms with Crippen LogP contribution in [0.15, 0.2) is 6.20 Å². The van der Waals surface area contributed by atoms with Gasteiger partial charge in [0.2, 0.25) is 0 Å². The Bertz CT molecular complexity index is 430. The minimum Gasteiger partial charge on any atom is -0.377 e. The Kier molecular flexibility index (Phi) is 4.83. The van der Waals surface area contributed by atoms with E-state index in [4.69, 9.17) is 10.5 Å². The predicted octanol–water partition coefficient (Wildman–Crippen LogP) is 1.49. The zero-order chi connectivity index (χ0) is 14.8. The van der Waals surface area contributed by atoms with E-state index in [0.29, 0.717) is 12.6 Å². The highest BCUT2D eigenvalue weighted by Crippen LogP contribution is 2.28. The summed E-state index contributed by atoms with van der Waals surface area (Å²) in [5.41, 5.74) is 8.32. The molecule has 0 amide bonds. The van der Waals surface area contributed by atoms with Crippen molar-refractivity contribution in [3.05, 3.63) is 17.5 Å². The molecule has 1 aromatic rings. The molecule has 2 heterocycles. The average molecular weight is 280 g/mol. The van der Waals surface area contributed by atoms with Crippen LogP contribution in [0.3, 0.4) is 0 Å². The lowest BCUT2D eigenvalue weighted by Gasteiger charge is -2.23. The molecular weight excluding hydrogens is 252 g/mol. The van der Waals surface area contributed by atoms with Crippen LogP contribution in [-0.4, -0.2) is 35.6 Å². The molecule has 1 aromatic heterocycles. The molecule has 0 radical (unpaired) electrons. The Morgan fingerprint density at radius 3 is 2.85 bits per heavy atom. The smallest absolute Gasteiger partial charge is 0.0726 e. The lowest BCUT2D eigenvalue weighted by atomic mass is 9.87. The number of aryl methyl sites for hydroxylation is 1. The number of nitrogens with one attached hydrogen (secondary N) is 1. The monoisotopic (exact) mass is 280 g/mol. The predicted molar refractivity (Wildman–Crippen MR) is 80.7 cm³/mol. The highest BCUT2D eigenvalue weighted by atomic mass is 16.5. The highest BCUT2D eigenvalue weighted by molar-refractivity contribution is 5.27. The molecule has 0 aromatic carbocycles. The molecule has 3 N–H and O–H groups in total. The van der Waals surface area contributed by atoms with E-state index in [1.165, 1.54) is 12.0 Å². The summed E-state index contributed by atoms with van der Waals surface area (Å²) in [6.45, 7) is 8.88. The summed E-state index contributed by atoms with van der Waals surface area (Å²) in [5, 5.41) is 8.17. The molecule has 2 unspecified atom stereocenters. The third-order valence-electron chi connectivity index (χ3n) is 3.79. The zero-order valence-corrected chi connectivity index (χ0v) is 13.1. The molecule has 1 fully saturated rings. The van der Waals surface area contributed by atoms with Gasteiger partial charge in [-0.1, -0.05) is 20.8 Å². The van der Waals surface area contributed by atoms with E-state index < -0.39 is 0 Å². The lowest BCUT2D eigenvalue weighted by molar-refractivity contribution is 0.107. The van der Waals surface area contributed by atoms with Gasteiger partial charge in [0.05, 0.1) is 11.8 Å². The maximum absolute atomic E-state index is 5.97. The second kappa shape index (κ2) is 6.24. The van der Waals surface area contributed by atoms with Gasteiger partial charge in [0, 0.05) is 50.0 Å². The van der Waals surface area contributed by atoms with E-state index in [0.717, 1.165) is 25.3 Å². The van der Waals surface area contributed by atoms with E-state index in [9.17, 15) is 0 Å². The first kappa shape index (κ1) is 15.5. The van der Waals surface area contributed by atoms with Crippen LogP contribution in [0.1, 0.15) is 50.9 Å². The first-order valence-electron chi connectivity index (χ1n) is 7.51. The van der Waals surface area contributed by atoms with Gasteiger partial charge in [0.25, 0.3) is 0 Å². The second-order valence-electron chi connectivity index (χ2n) is 6.69. The van der Waals surface area contributed by atoms with Crippen molar-refractivity contribution in [2.45, 2.75) is 51.2 Å². The fourth-order valence-electron chi connectivity index (χ4n) is 2.74. The molecule has 114 valence electrons. The fraction of sp³-hybridized carbons (Fsp3) is 0.800. The van der Waals surface area contributed by atoms with Crippen molar-refractivity contribution in [1.29, 1.82) is 0 Å². The third kappa shape index (κ3) is 3.59. The molecule has 0 spiro atoms. The maximum atomic E-state index is 5.97. The summed E-state index contributed by atoms with van der Waals surface area (Å²) in [5.74, 6) is 0. The van der Waals surface area contributed by atoms with Gasteiger partial charge in [-0.15, -0.1) is 0 Å². The first-order valence-corrected chi connectivity index (χ1v) is 7.51. The standard InChI is InChI=1S/C15H28N4O/c1-15(2,3)14-12(10-19(4)18-14)13(8-16)17-9-11-6-5-7-20-11/h10-11,13,17H,5-9,16H2,1-4H3. The summed E-state index contributed by atoms with van der Waals surface area (Å²) >= 11 is 0. The Morgan fingerprint density at radius 1 is 1.55 bits per heavy atom. The van der Waals surface area contributed by atoms with Gasteiger partial charge in [-0.05, 0) is 12.8 Å². The number of hydrogen-bond donors (Lipinski definition) is 2. The van der Waals surface area contributed by atoms with Gasteiger partial charge in [-0.2, -0.15) is 5.10 Å². The van der Waals surface area contributed by atoms with Crippen LogP contribution in [0.2, 0.25) is 0 Å². The van der Waals surface area contributed by atoms with Crippen molar-refractivity contribution in [2.75, 3.05) is 19.7 Å². The van der Waals surface area contributed by atoms with Gasteiger partial charge >= 0.3 is 0 Å². The molecule has 20 heavy (non-hydrogen) atoms. The highest BCUT2D eigenvalue weighted by Gasteiger charge is 2.26. The van der Waals surface area contributed by atoms with Gasteiger partial charge < -0.3 is 15.8 Å².